The molecule has 1 amide bonds. The summed E-state index contributed by atoms with van der Waals surface area (Å²) in [5, 5.41) is 4.97. The first kappa shape index (κ1) is 19.9. The summed E-state index contributed by atoms with van der Waals surface area (Å²) in [5.41, 5.74) is 5.86. The van der Waals surface area contributed by atoms with Crippen molar-refractivity contribution >= 4 is 23.0 Å². The topological polar surface area (TPSA) is 72.8 Å². The Hall–Kier alpha value is -3.41. The van der Waals surface area contributed by atoms with Gasteiger partial charge in [0.15, 0.2) is 11.5 Å². The average Bonchev–Trinajstić information content (AvgIpc) is 3.62. The van der Waals surface area contributed by atoms with E-state index in [9.17, 15) is 4.79 Å². The van der Waals surface area contributed by atoms with E-state index in [1.165, 1.54) is 0 Å². The van der Waals surface area contributed by atoms with Crippen LogP contribution >= 0.6 is 0 Å². The molecule has 1 aliphatic carbocycles. The lowest BCUT2D eigenvalue weighted by molar-refractivity contribution is 0.0956. The first-order chi connectivity index (χ1) is 14.7. The fraction of sp³-hybridized carbons (Fsp3) is 0.292. The molecule has 0 radical (unpaired) electrons. The number of hydrogen-bond acceptors (Lipinski definition) is 5. The second kappa shape index (κ2) is 8.95. The monoisotopic (exact) mass is 403 g/mol. The number of fused-ring (bicyclic) bond motifs is 1. The molecule has 154 valence electrons. The van der Waals surface area contributed by atoms with E-state index in [1.54, 1.807) is 13.3 Å². The van der Waals surface area contributed by atoms with Crippen LogP contribution < -0.4 is 14.9 Å². The number of hydrazone groups is 1. The number of aromatic nitrogens is 1. The minimum absolute atomic E-state index is 0.249. The van der Waals surface area contributed by atoms with Crippen LogP contribution in [0.25, 0.3) is 10.9 Å². The van der Waals surface area contributed by atoms with Gasteiger partial charge in [-0.2, -0.15) is 5.10 Å². The molecule has 1 N–H and O–H groups in total. The van der Waals surface area contributed by atoms with Crippen molar-refractivity contribution in [2.45, 2.75) is 32.1 Å². The summed E-state index contributed by atoms with van der Waals surface area (Å²) in [6.07, 6.45) is 4.77. The van der Waals surface area contributed by atoms with Crippen molar-refractivity contribution in [2.75, 3.05) is 13.7 Å². The molecule has 30 heavy (non-hydrogen) atoms. The summed E-state index contributed by atoms with van der Waals surface area (Å²) >= 11 is 0. The maximum absolute atomic E-state index is 12.8. The van der Waals surface area contributed by atoms with Crippen molar-refractivity contribution in [1.82, 2.24) is 10.4 Å². The highest BCUT2D eigenvalue weighted by Crippen LogP contribution is 2.40. The molecule has 1 heterocycles. The normalized spacial score (nSPS) is 13.5. The van der Waals surface area contributed by atoms with Gasteiger partial charge >= 0.3 is 0 Å². The number of methoxy groups -OCH3 is 1. The van der Waals surface area contributed by atoms with Gasteiger partial charge in [-0.15, -0.1) is 0 Å². The van der Waals surface area contributed by atoms with E-state index in [0.29, 0.717) is 29.6 Å². The van der Waals surface area contributed by atoms with Crippen LogP contribution in [0, 0.1) is 0 Å². The van der Waals surface area contributed by atoms with Crippen molar-refractivity contribution in [2.24, 2.45) is 5.10 Å². The predicted molar refractivity (Wildman–Crippen MR) is 118 cm³/mol. The Morgan fingerprint density at radius 2 is 2.03 bits per heavy atom. The zero-order chi connectivity index (χ0) is 20.9. The third-order valence-corrected chi connectivity index (χ3v) is 5.01. The van der Waals surface area contributed by atoms with Crippen LogP contribution in [-0.4, -0.2) is 30.8 Å². The average molecular weight is 403 g/mol. The first-order valence-electron chi connectivity index (χ1n) is 10.2. The van der Waals surface area contributed by atoms with Crippen LogP contribution in [0.4, 0.5) is 0 Å². The van der Waals surface area contributed by atoms with Gasteiger partial charge in [0.25, 0.3) is 5.91 Å². The maximum atomic E-state index is 12.8. The number of pyridine rings is 1. The lowest BCUT2D eigenvalue weighted by Gasteiger charge is -2.10. The Morgan fingerprint density at radius 1 is 1.20 bits per heavy atom. The number of rotatable bonds is 8. The highest BCUT2D eigenvalue weighted by atomic mass is 16.5. The van der Waals surface area contributed by atoms with Gasteiger partial charge in [0.05, 0.1) is 31.0 Å². The summed E-state index contributed by atoms with van der Waals surface area (Å²) < 4.78 is 11.1. The SMILES string of the molecule is CCCOc1ccc(/C=N\NC(=O)c2cc(C3CC3)nc3ccccc23)cc1OC. The lowest BCUT2D eigenvalue weighted by Crippen LogP contribution is -2.18. The van der Waals surface area contributed by atoms with Crippen molar-refractivity contribution < 1.29 is 14.3 Å². The molecule has 3 aromatic rings. The number of hydrogen-bond donors (Lipinski definition) is 1. The van der Waals surface area contributed by atoms with Gasteiger partial charge in [-0.05, 0) is 55.2 Å². The molecule has 2 aromatic carbocycles. The Kier molecular flexibility index (Phi) is 5.93. The molecule has 0 saturated heterocycles. The quantitative estimate of drug-likeness (QED) is 0.438. The molecule has 0 atom stereocenters. The minimum Gasteiger partial charge on any atom is -0.493 e. The molecule has 0 unspecified atom stereocenters. The Labute approximate surface area is 175 Å². The van der Waals surface area contributed by atoms with Gasteiger partial charge in [-0.3, -0.25) is 9.78 Å². The first-order valence-corrected chi connectivity index (χ1v) is 10.2. The molecule has 1 fully saturated rings. The molecule has 1 aliphatic rings. The predicted octanol–water partition coefficient (Wildman–Crippen LogP) is 4.67. The third kappa shape index (κ3) is 4.43. The van der Waals surface area contributed by atoms with Gasteiger partial charge < -0.3 is 9.47 Å². The van der Waals surface area contributed by atoms with E-state index in [0.717, 1.165) is 41.4 Å². The van der Waals surface area contributed by atoms with E-state index < -0.39 is 0 Å². The largest absolute Gasteiger partial charge is 0.493 e. The van der Waals surface area contributed by atoms with E-state index >= 15 is 0 Å². The molecule has 1 aromatic heterocycles. The van der Waals surface area contributed by atoms with Crippen molar-refractivity contribution in [3.8, 4) is 11.5 Å². The van der Waals surface area contributed by atoms with Crippen molar-refractivity contribution in [1.29, 1.82) is 0 Å². The van der Waals surface area contributed by atoms with Crippen molar-refractivity contribution in [3.63, 3.8) is 0 Å². The van der Waals surface area contributed by atoms with Gasteiger partial charge in [-0.1, -0.05) is 25.1 Å². The smallest absolute Gasteiger partial charge is 0.272 e. The summed E-state index contributed by atoms with van der Waals surface area (Å²) in [6.45, 7) is 2.68. The van der Waals surface area contributed by atoms with E-state index in [-0.39, 0.29) is 5.91 Å². The van der Waals surface area contributed by atoms with E-state index in [2.05, 4.69) is 17.5 Å². The third-order valence-electron chi connectivity index (χ3n) is 5.01. The van der Waals surface area contributed by atoms with Crippen LogP contribution in [-0.2, 0) is 0 Å². The van der Waals surface area contributed by atoms with E-state index in [1.807, 2.05) is 48.5 Å². The summed E-state index contributed by atoms with van der Waals surface area (Å²) in [4.78, 5) is 17.6. The second-order valence-corrected chi connectivity index (χ2v) is 7.34. The fourth-order valence-corrected chi connectivity index (χ4v) is 3.29. The van der Waals surface area contributed by atoms with E-state index in [4.69, 9.17) is 14.5 Å². The van der Waals surface area contributed by atoms with Crippen LogP contribution in [0.2, 0.25) is 0 Å². The van der Waals surface area contributed by atoms with Crippen LogP contribution in [0.1, 0.15) is 53.7 Å². The highest BCUT2D eigenvalue weighted by molar-refractivity contribution is 6.06. The minimum atomic E-state index is -0.249. The molecule has 6 heteroatoms. The van der Waals surface area contributed by atoms with Crippen LogP contribution in [0.3, 0.4) is 0 Å². The van der Waals surface area contributed by atoms with Gasteiger partial charge in [0, 0.05) is 17.0 Å². The molecule has 1 saturated carbocycles. The summed E-state index contributed by atoms with van der Waals surface area (Å²) in [5.74, 6) is 1.54. The zero-order valence-electron chi connectivity index (χ0n) is 17.2. The van der Waals surface area contributed by atoms with Crippen LogP contribution in [0.15, 0.2) is 53.6 Å². The van der Waals surface area contributed by atoms with Gasteiger partial charge in [0.1, 0.15) is 0 Å². The number of nitrogens with one attached hydrogen (secondary N) is 1. The lowest BCUT2D eigenvalue weighted by atomic mass is 10.1. The molecular weight excluding hydrogens is 378 g/mol. The number of para-hydroxylation sites is 1. The molecule has 0 aliphatic heterocycles. The van der Waals surface area contributed by atoms with Gasteiger partial charge in [0.2, 0.25) is 0 Å². The number of nitrogens with zero attached hydrogens (tertiary/aromatic N) is 2. The Bertz CT molecular complexity index is 1090. The van der Waals surface area contributed by atoms with Crippen LogP contribution in [0.5, 0.6) is 11.5 Å². The standard InChI is InChI=1S/C24H25N3O3/c1-3-12-30-22-11-8-16(13-23(22)29-2)15-25-27-24(28)19-14-21(17-9-10-17)26-20-7-5-4-6-18(19)20/h4-8,11,13-15,17H,3,9-10,12H2,1-2H3,(H,27,28)/b25-15-. The molecule has 4 rings (SSSR count). The molecule has 0 bridgehead atoms. The number of benzene rings is 2. The maximum Gasteiger partial charge on any atom is 0.272 e. The number of carbonyl (C=O) groups is 1. The molecule has 0 spiro atoms. The Morgan fingerprint density at radius 3 is 2.80 bits per heavy atom. The van der Waals surface area contributed by atoms with Crippen molar-refractivity contribution in [3.05, 3.63) is 65.4 Å². The van der Waals surface area contributed by atoms with Gasteiger partial charge in [-0.25, -0.2) is 5.43 Å². The second-order valence-electron chi connectivity index (χ2n) is 7.34. The Balaban J connectivity index is 1.51. The number of amides is 1. The number of ether oxygens (including phenoxy) is 2. The summed E-state index contributed by atoms with van der Waals surface area (Å²) in [7, 11) is 1.60. The summed E-state index contributed by atoms with van der Waals surface area (Å²) in [6, 6.07) is 15.1. The molecular formula is C24H25N3O3. The molecule has 6 nitrogen and oxygen atoms in total. The zero-order valence-corrected chi connectivity index (χ0v) is 17.2. The fourth-order valence-electron chi connectivity index (χ4n) is 3.29. The highest BCUT2D eigenvalue weighted by Gasteiger charge is 2.26. The number of carbonyl (C=O) groups excluding carboxylic acids is 1.